The molecule has 1 aromatic heterocycles. The number of hydrogen-bond donors (Lipinski definition) is 1. The van der Waals surface area contributed by atoms with Crippen LogP contribution in [0.25, 0.3) is 0 Å². The van der Waals surface area contributed by atoms with E-state index in [1.807, 2.05) is 10.9 Å². The number of likely N-dealkylation sites (tertiary alicyclic amines) is 1. The summed E-state index contributed by atoms with van der Waals surface area (Å²) in [6.07, 6.45) is 6.22. The van der Waals surface area contributed by atoms with Gasteiger partial charge in [-0.1, -0.05) is 5.21 Å². The van der Waals surface area contributed by atoms with E-state index in [4.69, 9.17) is 4.74 Å². The summed E-state index contributed by atoms with van der Waals surface area (Å²) in [5.74, 6) is 0. The molecule has 1 atom stereocenters. The van der Waals surface area contributed by atoms with Crippen LogP contribution in [0.2, 0.25) is 0 Å². The number of aliphatic hydroxyl groups is 1. The zero-order chi connectivity index (χ0) is 13.1. The fraction of sp³-hybridized carbons (Fsp3) is 0.846. The summed E-state index contributed by atoms with van der Waals surface area (Å²) in [6.45, 7) is 4.41. The first-order chi connectivity index (χ1) is 9.29. The fourth-order valence-electron chi connectivity index (χ4n) is 2.80. The molecule has 1 N–H and O–H groups in total. The standard InChI is InChI=1S/C13H22N4O2/c18-12-3-5-16(6-4-12)8-11-9-17(15-14-11)10-13-2-1-7-19-13/h9,12-13,18H,1-8,10H2. The monoisotopic (exact) mass is 266 g/mol. The second-order valence-corrected chi connectivity index (χ2v) is 5.57. The Morgan fingerprint density at radius 2 is 2.16 bits per heavy atom. The highest BCUT2D eigenvalue weighted by Gasteiger charge is 2.19. The smallest absolute Gasteiger partial charge is 0.0967 e. The number of aliphatic hydroxyl groups excluding tert-OH is 1. The number of nitrogens with zero attached hydrogens (tertiary/aromatic N) is 4. The summed E-state index contributed by atoms with van der Waals surface area (Å²) in [5, 5.41) is 17.9. The SMILES string of the molecule is OC1CCN(Cc2cn(CC3CCCO3)nn2)CC1. The molecule has 2 fully saturated rings. The van der Waals surface area contributed by atoms with Crippen LogP contribution in [-0.4, -0.2) is 56.9 Å². The highest BCUT2D eigenvalue weighted by Crippen LogP contribution is 2.15. The van der Waals surface area contributed by atoms with Crippen LogP contribution in [0.1, 0.15) is 31.4 Å². The molecule has 0 spiro atoms. The normalized spacial score (nSPS) is 26.1. The molecule has 3 rings (SSSR count). The molecule has 2 aliphatic rings. The molecule has 2 saturated heterocycles. The molecule has 2 aliphatic heterocycles. The molecular formula is C13H22N4O2. The maximum atomic E-state index is 9.48. The third-order valence-electron chi connectivity index (χ3n) is 3.94. The molecule has 1 unspecified atom stereocenters. The highest BCUT2D eigenvalue weighted by molar-refractivity contribution is 4.93. The molecule has 6 heteroatoms. The third kappa shape index (κ3) is 3.52. The summed E-state index contributed by atoms with van der Waals surface area (Å²) in [7, 11) is 0. The molecule has 106 valence electrons. The lowest BCUT2D eigenvalue weighted by atomic mass is 10.1. The molecular weight excluding hydrogens is 244 g/mol. The zero-order valence-corrected chi connectivity index (χ0v) is 11.2. The number of ether oxygens (including phenoxy) is 1. The van der Waals surface area contributed by atoms with Gasteiger partial charge in [0.2, 0.25) is 0 Å². The van der Waals surface area contributed by atoms with Crippen LogP contribution in [0, 0.1) is 0 Å². The first kappa shape index (κ1) is 13.0. The molecule has 0 radical (unpaired) electrons. The Balaban J connectivity index is 1.50. The van der Waals surface area contributed by atoms with Crippen molar-refractivity contribution < 1.29 is 9.84 Å². The van der Waals surface area contributed by atoms with Gasteiger partial charge in [-0.25, -0.2) is 4.68 Å². The maximum absolute atomic E-state index is 9.48. The van der Waals surface area contributed by atoms with E-state index in [9.17, 15) is 5.11 Å². The zero-order valence-electron chi connectivity index (χ0n) is 11.2. The Morgan fingerprint density at radius 1 is 1.32 bits per heavy atom. The highest BCUT2D eigenvalue weighted by atomic mass is 16.5. The topological polar surface area (TPSA) is 63.4 Å². The molecule has 3 heterocycles. The van der Waals surface area contributed by atoms with Crippen molar-refractivity contribution in [2.45, 2.75) is 51.0 Å². The van der Waals surface area contributed by atoms with Crippen LogP contribution >= 0.6 is 0 Å². The lowest BCUT2D eigenvalue weighted by Crippen LogP contribution is -2.35. The van der Waals surface area contributed by atoms with Crippen LogP contribution in [0.5, 0.6) is 0 Å². The van der Waals surface area contributed by atoms with Crippen molar-refractivity contribution in [1.82, 2.24) is 19.9 Å². The van der Waals surface area contributed by atoms with E-state index in [2.05, 4.69) is 15.2 Å². The Hall–Kier alpha value is -0.980. The van der Waals surface area contributed by atoms with Crippen molar-refractivity contribution in [3.63, 3.8) is 0 Å². The second kappa shape index (κ2) is 5.98. The van der Waals surface area contributed by atoms with Crippen LogP contribution in [0.15, 0.2) is 6.20 Å². The van der Waals surface area contributed by atoms with E-state index in [0.717, 1.165) is 64.2 Å². The molecule has 19 heavy (non-hydrogen) atoms. The average molecular weight is 266 g/mol. The lowest BCUT2D eigenvalue weighted by Gasteiger charge is -2.28. The van der Waals surface area contributed by atoms with E-state index in [-0.39, 0.29) is 6.10 Å². The van der Waals surface area contributed by atoms with E-state index in [0.29, 0.717) is 6.10 Å². The number of hydrogen-bond acceptors (Lipinski definition) is 5. The fourth-order valence-corrected chi connectivity index (χ4v) is 2.80. The first-order valence-corrected chi connectivity index (χ1v) is 7.20. The van der Waals surface area contributed by atoms with Gasteiger partial charge in [0.15, 0.2) is 0 Å². The summed E-state index contributed by atoms with van der Waals surface area (Å²) < 4.78 is 7.49. The van der Waals surface area contributed by atoms with Gasteiger partial charge in [0, 0.05) is 32.4 Å². The Morgan fingerprint density at radius 3 is 2.89 bits per heavy atom. The van der Waals surface area contributed by atoms with E-state index >= 15 is 0 Å². The van der Waals surface area contributed by atoms with Crippen molar-refractivity contribution in [1.29, 1.82) is 0 Å². The van der Waals surface area contributed by atoms with Gasteiger partial charge in [-0.2, -0.15) is 0 Å². The molecule has 0 amide bonds. The molecule has 1 aromatic rings. The van der Waals surface area contributed by atoms with Gasteiger partial charge in [-0.15, -0.1) is 5.10 Å². The molecule has 0 saturated carbocycles. The van der Waals surface area contributed by atoms with E-state index < -0.39 is 0 Å². The largest absolute Gasteiger partial charge is 0.393 e. The Labute approximate surface area is 113 Å². The molecule has 0 aliphatic carbocycles. The summed E-state index contributed by atoms with van der Waals surface area (Å²) >= 11 is 0. The summed E-state index contributed by atoms with van der Waals surface area (Å²) in [6, 6.07) is 0. The van der Waals surface area contributed by atoms with Gasteiger partial charge < -0.3 is 9.84 Å². The predicted octanol–water partition coefficient (Wildman–Crippen LogP) is 0.414. The quantitative estimate of drug-likeness (QED) is 0.855. The first-order valence-electron chi connectivity index (χ1n) is 7.20. The van der Waals surface area contributed by atoms with E-state index in [1.54, 1.807) is 0 Å². The van der Waals surface area contributed by atoms with Gasteiger partial charge in [0.1, 0.15) is 0 Å². The van der Waals surface area contributed by atoms with Crippen molar-refractivity contribution >= 4 is 0 Å². The number of piperidine rings is 1. The van der Waals surface area contributed by atoms with Gasteiger partial charge >= 0.3 is 0 Å². The number of aromatic nitrogens is 3. The van der Waals surface area contributed by atoms with Crippen LogP contribution in [-0.2, 0) is 17.8 Å². The predicted molar refractivity (Wildman–Crippen MR) is 69.5 cm³/mol. The van der Waals surface area contributed by atoms with Crippen LogP contribution < -0.4 is 0 Å². The van der Waals surface area contributed by atoms with E-state index in [1.165, 1.54) is 0 Å². The van der Waals surface area contributed by atoms with Gasteiger partial charge in [-0.3, -0.25) is 4.90 Å². The molecule has 0 bridgehead atoms. The van der Waals surface area contributed by atoms with Crippen molar-refractivity contribution in [2.75, 3.05) is 19.7 Å². The van der Waals surface area contributed by atoms with Crippen LogP contribution in [0.3, 0.4) is 0 Å². The van der Waals surface area contributed by atoms with Crippen LogP contribution in [0.4, 0.5) is 0 Å². The summed E-state index contributed by atoms with van der Waals surface area (Å²) in [5.41, 5.74) is 1.01. The van der Waals surface area contributed by atoms with Crippen molar-refractivity contribution in [3.05, 3.63) is 11.9 Å². The molecule has 6 nitrogen and oxygen atoms in total. The van der Waals surface area contributed by atoms with Crippen molar-refractivity contribution in [2.24, 2.45) is 0 Å². The maximum Gasteiger partial charge on any atom is 0.0967 e. The minimum Gasteiger partial charge on any atom is -0.393 e. The molecule has 0 aromatic carbocycles. The van der Waals surface area contributed by atoms with Gasteiger partial charge in [-0.05, 0) is 25.7 Å². The van der Waals surface area contributed by atoms with Gasteiger partial charge in [0.25, 0.3) is 0 Å². The van der Waals surface area contributed by atoms with Crippen molar-refractivity contribution in [3.8, 4) is 0 Å². The van der Waals surface area contributed by atoms with Gasteiger partial charge in [0.05, 0.1) is 24.4 Å². The average Bonchev–Trinajstić information content (AvgIpc) is 3.05. The lowest BCUT2D eigenvalue weighted by molar-refractivity contribution is 0.0786. The second-order valence-electron chi connectivity index (χ2n) is 5.57. The minimum absolute atomic E-state index is 0.119. The Kier molecular flexibility index (Phi) is 4.10. The Bertz CT molecular complexity index is 395. The minimum atomic E-state index is -0.119. The third-order valence-corrected chi connectivity index (χ3v) is 3.94. The number of rotatable bonds is 4. The summed E-state index contributed by atoms with van der Waals surface area (Å²) in [4.78, 5) is 2.33.